The molecule has 72 valence electrons. The van der Waals surface area contributed by atoms with Crippen LogP contribution in [0.5, 0.6) is 0 Å². The van der Waals surface area contributed by atoms with Crippen molar-refractivity contribution in [3.05, 3.63) is 24.0 Å². The van der Waals surface area contributed by atoms with Crippen LogP contribution in [0.15, 0.2) is 18.5 Å². The molecule has 1 fully saturated rings. The maximum Gasteiger partial charge on any atom is 0.0754 e. The van der Waals surface area contributed by atoms with E-state index in [-0.39, 0.29) is 0 Å². The Kier molecular flexibility index (Phi) is 2.66. The third-order valence-electron chi connectivity index (χ3n) is 2.49. The first kappa shape index (κ1) is 8.78. The summed E-state index contributed by atoms with van der Waals surface area (Å²) >= 11 is 0. The Morgan fingerprint density at radius 1 is 1.62 bits per heavy atom. The van der Waals surface area contributed by atoms with Crippen molar-refractivity contribution < 1.29 is 4.74 Å². The molecule has 0 aliphatic carbocycles. The molecule has 0 aromatic carbocycles. The van der Waals surface area contributed by atoms with Gasteiger partial charge in [-0.05, 0) is 24.5 Å². The number of nitrogens with two attached hydrogens (primary N) is 1. The topological polar surface area (TPSA) is 40.2 Å². The molecule has 1 aliphatic rings. The maximum atomic E-state index is 5.55. The molecule has 3 heteroatoms. The van der Waals surface area contributed by atoms with E-state index in [1.807, 2.05) is 0 Å². The van der Waals surface area contributed by atoms with Crippen molar-refractivity contribution in [1.82, 2.24) is 4.57 Å². The van der Waals surface area contributed by atoms with Gasteiger partial charge in [-0.15, -0.1) is 0 Å². The molecule has 0 bridgehead atoms. The van der Waals surface area contributed by atoms with Crippen molar-refractivity contribution >= 4 is 0 Å². The van der Waals surface area contributed by atoms with Gasteiger partial charge in [0.15, 0.2) is 0 Å². The van der Waals surface area contributed by atoms with Crippen LogP contribution >= 0.6 is 0 Å². The summed E-state index contributed by atoms with van der Waals surface area (Å²) in [5.74, 6) is 0. The molecule has 1 unspecified atom stereocenters. The fraction of sp³-hybridized carbons (Fsp3) is 0.600. The third kappa shape index (κ3) is 2.11. The highest BCUT2D eigenvalue weighted by atomic mass is 16.5. The number of ether oxygens (including phenoxy) is 1. The Morgan fingerprint density at radius 2 is 2.54 bits per heavy atom. The minimum Gasteiger partial charge on any atom is -0.376 e. The van der Waals surface area contributed by atoms with E-state index in [0.29, 0.717) is 12.6 Å². The monoisotopic (exact) mass is 180 g/mol. The molecule has 13 heavy (non-hydrogen) atoms. The molecule has 1 aliphatic heterocycles. The van der Waals surface area contributed by atoms with E-state index in [2.05, 4.69) is 23.0 Å². The van der Waals surface area contributed by atoms with Gasteiger partial charge in [0.1, 0.15) is 0 Å². The van der Waals surface area contributed by atoms with E-state index in [1.165, 1.54) is 18.4 Å². The lowest BCUT2D eigenvalue weighted by molar-refractivity contribution is 0.0971. The molecule has 3 nitrogen and oxygen atoms in total. The summed E-state index contributed by atoms with van der Waals surface area (Å²) < 4.78 is 7.71. The minimum atomic E-state index is 0.415. The van der Waals surface area contributed by atoms with E-state index in [0.717, 1.165) is 13.2 Å². The molecule has 1 aromatic rings. The lowest BCUT2D eigenvalue weighted by Gasteiger charge is -2.09. The van der Waals surface area contributed by atoms with Gasteiger partial charge in [-0.1, -0.05) is 0 Å². The van der Waals surface area contributed by atoms with Crippen molar-refractivity contribution in [2.24, 2.45) is 5.73 Å². The van der Waals surface area contributed by atoms with Crippen molar-refractivity contribution in [3.63, 3.8) is 0 Å². The summed E-state index contributed by atoms with van der Waals surface area (Å²) in [6.07, 6.45) is 6.98. The molecule has 1 aromatic heterocycles. The third-order valence-corrected chi connectivity index (χ3v) is 2.49. The van der Waals surface area contributed by atoms with Crippen LogP contribution in [0, 0.1) is 0 Å². The summed E-state index contributed by atoms with van der Waals surface area (Å²) in [7, 11) is 0. The average Bonchev–Trinajstić information content (AvgIpc) is 2.76. The van der Waals surface area contributed by atoms with Crippen molar-refractivity contribution in [2.45, 2.75) is 32.0 Å². The minimum absolute atomic E-state index is 0.415. The molecule has 2 N–H and O–H groups in total. The summed E-state index contributed by atoms with van der Waals surface area (Å²) in [6, 6.07) is 2.06. The Balaban J connectivity index is 1.92. The van der Waals surface area contributed by atoms with E-state index >= 15 is 0 Å². The molecule has 0 spiro atoms. The standard InChI is InChI=1S/C10H16N2O/c11-6-9-3-4-12(7-9)8-10-2-1-5-13-10/h3-4,7,10H,1-2,5-6,8,11H2. The van der Waals surface area contributed by atoms with E-state index in [4.69, 9.17) is 10.5 Å². The van der Waals surface area contributed by atoms with Crippen LogP contribution in [0.1, 0.15) is 18.4 Å². The van der Waals surface area contributed by atoms with E-state index in [9.17, 15) is 0 Å². The summed E-state index contributed by atoms with van der Waals surface area (Å²) in [5.41, 5.74) is 6.72. The van der Waals surface area contributed by atoms with Gasteiger partial charge in [0.2, 0.25) is 0 Å². The SMILES string of the molecule is NCc1ccn(CC2CCCO2)c1. The van der Waals surface area contributed by atoms with Gasteiger partial charge in [-0.25, -0.2) is 0 Å². The van der Waals surface area contributed by atoms with Crippen LogP contribution in [0.25, 0.3) is 0 Å². The molecule has 0 saturated carbocycles. The lowest BCUT2D eigenvalue weighted by atomic mass is 10.2. The fourth-order valence-corrected chi connectivity index (χ4v) is 1.75. The fourth-order valence-electron chi connectivity index (χ4n) is 1.75. The van der Waals surface area contributed by atoms with E-state index < -0.39 is 0 Å². The second-order valence-electron chi connectivity index (χ2n) is 3.56. The van der Waals surface area contributed by atoms with Gasteiger partial charge in [0.05, 0.1) is 6.10 Å². The highest BCUT2D eigenvalue weighted by molar-refractivity contribution is 5.09. The predicted octanol–water partition coefficient (Wildman–Crippen LogP) is 1.13. The molecule has 0 amide bonds. The smallest absolute Gasteiger partial charge is 0.0754 e. The van der Waals surface area contributed by atoms with Crippen LogP contribution in [0.2, 0.25) is 0 Å². The molecule has 1 atom stereocenters. The highest BCUT2D eigenvalue weighted by Gasteiger charge is 2.15. The Labute approximate surface area is 78.5 Å². The average molecular weight is 180 g/mol. The first-order valence-electron chi connectivity index (χ1n) is 4.85. The number of hydrogen-bond acceptors (Lipinski definition) is 2. The van der Waals surface area contributed by atoms with Crippen molar-refractivity contribution in [3.8, 4) is 0 Å². The van der Waals surface area contributed by atoms with Crippen molar-refractivity contribution in [1.29, 1.82) is 0 Å². The van der Waals surface area contributed by atoms with Crippen LogP contribution in [0.4, 0.5) is 0 Å². The molecule has 1 saturated heterocycles. The normalized spacial score (nSPS) is 22.4. The largest absolute Gasteiger partial charge is 0.376 e. The molecule has 2 rings (SSSR count). The maximum absolute atomic E-state index is 5.55. The number of hydrogen-bond donors (Lipinski definition) is 1. The van der Waals surface area contributed by atoms with Crippen molar-refractivity contribution in [2.75, 3.05) is 6.61 Å². The van der Waals surface area contributed by atoms with Crippen LogP contribution in [-0.2, 0) is 17.8 Å². The Bertz CT molecular complexity index is 264. The second-order valence-corrected chi connectivity index (χ2v) is 3.56. The quantitative estimate of drug-likeness (QED) is 0.757. The zero-order valence-corrected chi connectivity index (χ0v) is 7.78. The summed E-state index contributed by atoms with van der Waals surface area (Å²) in [4.78, 5) is 0. The molecular formula is C10H16N2O. The van der Waals surface area contributed by atoms with Gasteiger partial charge in [0, 0.05) is 32.1 Å². The number of aromatic nitrogens is 1. The Morgan fingerprint density at radius 3 is 3.15 bits per heavy atom. The first-order chi connectivity index (χ1) is 6.38. The number of nitrogens with zero attached hydrogens (tertiary/aromatic N) is 1. The summed E-state index contributed by atoms with van der Waals surface area (Å²) in [5, 5.41) is 0. The first-order valence-corrected chi connectivity index (χ1v) is 4.85. The lowest BCUT2D eigenvalue weighted by Crippen LogP contribution is -2.13. The zero-order chi connectivity index (χ0) is 9.10. The molecule has 0 radical (unpaired) electrons. The zero-order valence-electron chi connectivity index (χ0n) is 7.78. The van der Waals surface area contributed by atoms with Crippen LogP contribution in [0.3, 0.4) is 0 Å². The van der Waals surface area contributed by atoms with Gasteiger partial charge >= 0.3 is 0 Å². The van der Waals surface area contributed by atoms with E-state index in [1.54, 1.807) is 0 Å². The van der Waals surface area contributed by atoms with Crippen LogP contribution < -0.4 is 5.73 Å². The van der Waals surface area contributed by atoms with Crippen LogP contribution in [-0.4, -0.2) is 17.3 Å². The van der Waals surface area contributed by atoms with Gasteiger partial charge < -0.3 is 15.0 Å². The van der Waals surface area contributed by atoms with Gasteiger partial charge in [-0.3, -0.25) is 0 Å². The highest BCUT2D eigenvalue weighted by Crippen LogP contribution is 2.14. The molecule has 2 heterocycles. The summed E-state index contributed by atoms with van der Waals surface area (Å²) in [6.45, 7) is 2.52. The predicted molar refractivity (Wildman–Crippen MR) is 51.3 cm³/mol. The van der Waals surface area contributed by atoms with Gasteiger partial charge in [0.25, 0.3) is 0 Å². The van der Waals surface area contributed by atoms with Gasteiger partial charge in [-0.2, -0.15) is 0 Å². The Hall–Kier alpha value is -0.800. The molecular weight excluding hydrogens is 164 g/mol. The number of rotatable bonds is 3. The second kappa shape index (κ2) is 3.94.